The van der Waals surface area contributed by atoms with Crippen molar-refractivity contribution in [2.24, 2.45) is 0 Å². The number of halogens is 1. The largest absolute Gasteiger partial charge is 0.444 e. The first kappa shape index (κ1) is 12.2. The molecule has 0 radical (unpaired) electrons. The molecule has 0 aromatic rings. The number of nitrogens with zero attached hydrogens (tertiary/aromatic N) is 1. The Morgan fingerprint density at radius 2 is 2.00 bits per heavy atom. The topological polar surface area (TPSA) is 38.8 Å². The molecule has 1 aliphatic rings. The Bertz CT molecular complexity index is 231. The van der Waals surface area contributed by atoms with Crippen LogP contribution in [0.1, 0.15) is 27.7 Å². The molecule has 88 valence electrons. The Morgan fingerprint density at radius 3 is 2.40 bits per heavy atom. The van der Waals surface area contributed by atoms with Gasteiger partial charge in [0.2, 0.25) is 0 Å². The maximum absolute atomic E-state index is 12.4. The van der Waals surface area contributed by atoms with Gasteiger partial charge in [0, 0.05) is 0 Å². The predicted octanol–water partition coefficient (Wildman–Crippen LogP) is 1.94. The van der Waals surface area contributed by atoms with E-state index in [2.05, 4.69) is 0 Å². The molecule has 0 aromatic carbocycles. The average Bonchev–Trinajstić information content (AvgIpc) is 1.91. The third kappa shape index (κ3) is 4.03. The molecule has 5 heteroatoms. The van der Waals surface area contributed by atoms with Gasteiger partial charge in [-0.1, -0.05) is 0 Å². The number of likely N-dealkylation sites (tertiary alicyclic amines) is 1. The van der Waals surface area contributed by atoms with E-state index < -0.39 is 12.0 Å². The van der Waals surface area contributed by atoms with Gasteiger partial charge in [-0.15, -0.1) is 0 Å². The summed E-state index contributed by atoms with van der Waals surface area (Å²) in [6.07, 6.45) is -1.85. The molecule has 1 amide bonds. The SMILES string of the molecule is CC(F)OC1CN(C(=O)OC(C)(C)C)C1. The van der Waals surface area contributed by atoms with Crippen LogP contribution in [0.3, 0.4) is 0 Å². The maximum Gasteiger partial charge on any atom is 0.410 e. The molecule has 1 unspecified atom stereocenters. The first-order valence-corrected chi connectivity index (χ1v) is 5.05. The van der Waals surface area contributed by atoms with Gasteiger partial charge < -0.3 is 14.4 Å². The van der Waals surface area contributed by atoms with Crippen LogP contribution in [0.4, 0.5) is 9.18 Å². The van der Waals surface area contributed by atoms with E-state index in [1.165, 1.54) is 11.8 Å². The molecule has 0 aromatic heterocycles. The first-order valence-electron chi connectivity index (χ1n) is 5.05. The number of rotatable bonds is 2. The molecule has 1 rings (SSSR count). The van der Waals surface area contributed by atoms with Gasteiger partial charge in [-0.3, -0.25) is 0 Å². The monoisotopic (exact) mass is 219 g/mol. The van der Waals surface area contributed by atoms with Crippen molar-refractivity contribution >= 4 is 6.09 Å². The summed E-state index contributed by atoms with van der Waals surface area (Å²) in [4.78, 5) is 12.9. The predicted molar refractivity (Wildman–Crippen MR) is 53.3 cm³/mol. The average molecular weight is 219 g/mol. The maximum atomic E-state index is 12.4. The lowest BCUT2D eigenvalue weighted by molar-refractivity contribution is -0.128. The Hall–Kier alpha value is -0.840. The number of alkyl halides is 1. The van der Waals surface area contributed by atoms with E-state index in [1.807, 2.05) is 20.8 Å². The summed E-state index contributed by atoms with van der Waals surface area (Å²) >= 11 is 0. The Labute approximate surface area is 89.3 Å². The number of hydrogen-bond acceptors (Lipinski definition) is 3. The van der Waals surface area contributed by atoms with E-state index in [0.717, 1.165) is 0 Å². The highest BCUT2D eigenvalue weighted by Crippen LogP contribution is 2.18. The van der Waals surface area contributed by atoms with E-state index in [9.17, 15) is 9.18 Å². The minimum absolute atomic E-state index is 0.197. The molecule has 0 bridgehead atoms. The lowest BCUT2D eigenvalue weighted by Gasteiger charge is -2.39. The molecule has 15 heavy (non-hydrogen) atoms. The Kier molecular flexibility index (Phi) is 3.54. The second kappa shape index (κ2) is 4.35. The quantitative estimate of drug-likeness (QED) is 0.712. The third-order valence-electron chi connectivity index (χ3n) is 1.88. The smallest absolute Gasteiger partial charge is 0.410 e. The van der Waals surface area contributed by atoms with Crippen molar-refractivity contribution in [3.05, 3.63) is 0 Å². The number of carbonyl (C=O) groups excluding carboxylic acids is 1. The Morgan fingerprint density at radius 1 is 1.47 bits per heavy atom. The molecule has 1 heterocycles. The van der Waals surface area contributed by atoms with Gasteiger partial charge in [0.25, 0.3) is 0 Å². The second-order valence-corrected chi connectivity index (χ2v) is 4.69. The van der Waals surface area contributed by atoms with Gasteiger partial charge >= 0.3 is 6.09 Å². The van der Waals surface area contributed by atoms with Gasteiger partial charge in [0.1, 0.15) is 5.60 Å². The minimum Gasteiger partial charge on any atom is -0.444 e. The van der Waals surface area contributed by atoms with Crippen molar-refractivity contribution < 1.29 is 18.7 Å². The highest BCUT2D eigenvalue weighted by Gasteiger charge is 2.35. The number of amides is 1. The van der Waals surface area contributed by atoms with Crippen LogP contribution in [0, 0.1) is 0 Å². The summed E-state index contributed by atoms with van der Waals surface area (Å²) < 4.78 is 22.4. The molecule has 4 nitrogen and oxygen atoms in total. The molecule has 1 atom stereocenters. The molecular weight excluding hydrogens is 201 g/mol. The summed E-state index contributed by atoms with van der Waals surface area (Å²) in [7, 11) is 0. The highest BCUT2D eigenvalue weighted by atomic mass is 19.1. The van der Waals surface area contributed by atoms with Crippen molar-refractivity contribution in [3.63, 3.8) is 0 Å². The molecule has 0 spiro atoms. The van der Waals surface area contributed by atoms with Crippen LogP contribution in [0.2, 0.25) is 0 Å². The van der Waals surface area contributed by atoms with E-state index in [1.54, 1.807) is 0 Å². The van der Waals surface area contributed by atoms with Gasteiger partial charge in [0.05, 0.1) is 19.2 Å². The fraction of sp³-hybridized carbons (Fsp3) is 0.900. The molecule has 1 saturated heterocycles. The number of hydrogen-bond donors (Lipinski definition) is 0. The van der Waals surface area contributed by atoms with E-state index in [4.69, 9.17) is 9.47 Å². The van der Waals surface area contributed by atoms with Gasteiger partial charge in [-0.25, -0.2) is 9.18 Å². The molecule has 0 N–H and O–H groups in total. The van der Waals surface area contributed by atoms with Crippen LogP contribution in [0.15, 0.2) is 0 Å². The second-order valence-electron chi connectivity index (χ2n) is 4.69. The van der Waals surface area contributed by atoms with Crippen molar-refractivity contribution in [3.8, 4) is 0 Å². The number of carbonyl (C=O) groups is 1. The van der Waals surface area contributed by atoms with Crippen molar-refractivity contribution in [1.82, 2.24) is 4.90 Å². The lowest BCUT2D eigenvalue weighted by Crippen LogP contribution is -2.56. The summed E-state index contributed by atoms with van der Waals surface area (Å²) in [6, 6.07) is 0. The standard InChI is InChI=1S/C10H18FNO3/c1-7(11)14-8-5-12(6-8)9(13)15-10(2,3)4/h7-8H,5-6H2,1-4H3. The van der Waals surface area contributed by atoms with Crippen LogP contribution < -0.4 is 0 Å². The van der Waals surface area contributed by atoms with Gasteiger partial charge in [-0.05, 0) is 27.7 Å². The van der Waals surface area contributed by atoms with Crippen molar-refractivity contribution in [2.45, 2.75) is 45.8 Å². The van der Waals surface area contributed by atoms with Crippen molar-refractivity contribution in [2.75, 3.05) is 13.1 Å². The van der Waals surface area contributed by atoms with Crippen LogP contribution in [-0.2, 0) is 9.47 Å². The molecule has 0 saturated carbocycles. The van der Waals surface area contributed by atoms with Gasteiger partial charge in [-0.2, -0.15) is 0 Å². The summed E-state index contributed by atoms with van der Waals surface area (Å²) in [5.74, 6) is 0. The zero-order chi connectivity index (χ0) is 11.6. The van der Waals surface area contributed by atoms with Gasteiger partial charge in [0.15, 0.2) is 6.36 Å². The van der Waals surface area contributed by atoms with Crippen LogP contribution in [-0.4, -0.2) is 42.1 Å². The summed E-state index contributed by atoms with van der Waals surface area (Å²) in [5, 5.41) is 0. The van der Waals surface area contributed by atoms with E-state index in [0.29, 0.717) is 13.1 Å². The zero-order valence-corrected chi connectivity index (χ0v) is 9.62. The molecule has 1 fully saturated rings. The molecule has 1 aliphatic heterocycles. The van der Waals surface area contributed by atoms with E-state index >= 15 is 0 Å². The van der Waals surface area contributed by atoms with Crippen molar-refractivity contribution in [1.29, 1.82) is 0 Å². The van der Waals surface area contributed by atoms with Crippen LogP contribution in [0.5, 0.6) is 0 Å². The van der Waals surface area contributed by atoms with E-state index in [-0.39, 0.29) is 12.2 Å². The fourth-order valence-corrected chi connectivity index (χ4v) is 1.26. The van der Waals surface area contributed by atoms with Crippen LogP contribution in [0.25, 0.3) is 0 Å². The normalized spacial score (nSPS) is 19.7. The highest BCUT2D eigenvalue weighted by molar-refractivity contribution is 5.69. The third-order valence-corrected chi connectivity index (χ3v) is 1.88. The summed E-state index contributed by atoms with van der Waals surface area (Å²) in [5.41, 5.74) is -0.490. The molecule has 0 aliphatic carbocycles. The first-order chi connectivity index (χ1) is 6.78. The Balaban J connectivity index is 2.24. The fourth-order valence-electron chi connectivity index (χ4n) is 1.26. The lowest BCUT2D eigenvalue weighted by atomic mass is 10.2. The summed E-state index contributed by atoms with van der Waals surface area (Å²) in [6.45, 7) is 7.56. The number of ether oxygens (including phenoxy) is 2. The minimum atomic E-state index is -1.28. The van der Waals surface area contributed by atoms with Crippen LogP contribution >= 0.6 is 0 Å². The molecular formula is C10H18FNO3. The zero-order valence-electron chi connectivity index (χ0n) is 9.62.